The molecule has 5 atom stereocenters. The number of aliphatic hydroxyl groups excluding tert-OH is 3. The SMILES string of the molecule is CC(=O)NC1C(Oc2ccc3c(c2)OC2=C(/C=C/c4ccncc4)CCCC2=C3)OC(CO)C(O)C1O. The third kappa shape index (κ3) is 5.45. The molecule has 1 amide bonds. The molecule has 5 rings (SSSR count). The molecule has 1 aromatic heterocycles. The van der Waals surface area contributed by atoms with Crippen LogP contribution in [0.1, 0.15) is 37.3 Å². The maximum Gasteiger partial charge on any atom is 0.223 e. The van der Waals surface area contributed by atoms with Crippen LogP contribution in [0.5, 0.6) is 11.5 Å². The highest BCUT2D eigenvalue weighted by Crippen LogP contribution is 2.41. The summed E-state index contributed by atoms with van der Waals surface area (Å²) in [6, 6.07) is 8.21. The number of pyridine rings is 1. The van der Waals surface area contributed by atoms with Crippen LogP contribution in [-0.2, 0) is 9.53 Å². The molecule has 5 unspecified atom stereocenters. The number of nitrogens with zero attached hydrogens (tertiary/aromatic N) is 1. The quantitative estimate of drug-likeness (QED) is 0.470. The van der Waals surface area contributed by atoms with Gasteiger partial charge in [-0.2, -0.15) is 0 Å². The molecule has 0 bridgehead atoms. The Kier molecular flexibility index (Phi) is 7.38. The van der Waals surface area contributed by atoms with E-state index in [1.807, 2.05) is 24.3 Å². The summed E-state index contributed by atoms with van der Waals surface area (Å²) in [6.07, 6.45) is 7.66. The number of aliphatic hydroxyl groups is 3. The highest BCUT2D eigenvalue weighted by Gasteiger charge is 2.46. The van der Waals surface area contributed by atoms with Crippen LogP contribution in [0.25, 0.3) is 12.2 Å². The second kappa shape index (κ2) is 10.9. The van der Waals surface area contributed by atoms with E-state index in [4.69, 9.17) is 14.2 Å². The van der Waals surface area contributed by atoms with Crippen LogP contribution in [0.2, 0.25) is 0 Å². The lowest BCUT2D eigenvalue weighted by molar-refractivity contribution is -0.244. The van der Waals surface area contributed by atoms with Crippen LogP contribution in [0.3, 0.4) is 0 Å². The molecule has 0 saturated carbocycles. The lowest BCUT2D eigenvalue weighted by Gasteiger charge is -2.42. The molecular weight excluding hydrogens is 476 g/mol. The van der Waals surface area contributed by atoms with E-state index in [0.717, 1.165) is 47.3 Å². The van der Waals surface area contributed by atoms with Crippen molar-refractivity contribution in [1.29, 1.82) is 0 Å². The van der Waals surface area contributed by atoms with Gasteiger partial charge in [-0.15, -0.1) is 0 Å². The summed E-state index contributed by atoms with van der Waals surface area (Å²) < 4.78 is 18.0. The summed E-state index contributed by atoms with van der Waals surface area (Å²) in [5, 5.41) is 32.9. The number of allylic oxidation sites excluding steroid dienone is 3. The minimum Gasteiger partial charge on any atom is -0.462 e. The summed E-state index contributed by atoms with van der Waals surface area (Å²) in [4.78, 5) is 15.8. The van der Waals surface area contributed by atoms with E-state index < -0.39 is 43.2 Å². The summed E-state index contributed by atoms with van der Waals surface area (Å²) in [5.74, 6) is 1.42. The number of carbonyl (C=O) groups is 1. The van der Waals surface area contributed by atoms with Crippen molar-refractivity contribution in [1.82, 2.24) is 10.3 Å². The third-order valence-corrected chi connectivity index (χ3v) is 6.69. The van der Waals surface area contributed by atoms with Crippen LogP contribution >= 0.6 is 0 Å². The molecule has 0 radical (unpaired) electrons. The second-order valence-corrected chi connectivity index (χ2v) is 9.34. The summed E-state index contributed by atoms with van der Waals surface area (Å²) in [6.45, 7) is 0.777. The van der Waals surface area contributed by atoms with Crippen molar-refractivity contribution in [2.24, 2.45) is 0 Å². The van der Waals surface area contributed by atoms with Gasteiger partial charge in [0.25, 0.3) is 0 Å². The van der Waals surface area contributed by atoms with Gasteiger partial charge in [0.15, 0.2) is 0 Å². The molecule has 1 fully saturated rings. The van der Waals surface area contributed by atoms with Crippen molar-refractivity contribution in [3.05, 3.63) is 76.8 Å². The average Bonchev–Trinajstić information content (AvgIpc) is 2.90. The third-order valence-electron chi connectivity index (χ3n) is 6.69. The Balaban J connectivity index is 1.40. The highest BCUT2D eigenvalue weighted by molar-refractivity contribution is 5.73. The molecule has 1 aromatic carbocycles. The summed E-state index contributed by atoms with van der Waals surface area (Å²) >= 11 is 0. The van der Waals surface area contributed by atoms with Gasteiger partial charge in [-0.05, 0) is 66.3 Å². The van der Waals surface area contributed by atoms with E-state index >= 15 is 0 Å². The first-order chi connectivity index (χ1) is 17.9. The van der Waals surface area contributed by atoms with Crippen molar-refractivity contribution in [3.63, 3.8) is 0 Å². The highest BCUT2D eigenvalue weighted by atomic mass is 16.7. The lowest BCUT2D eigenvalue weighted by Crippen LogP contribution is -2.65. The van der Waals surface area contributed by atoms with Gasteiger partial charge in [0.1, 0.15) is 41.6 Å². The van der Waals surface area contributed by atoms with E-state index in [-0.39, 0.29) is 0 Å². The van der Waals surface area contributed by atoms with Crippen molar-refractivity contribution >= 4 is 18.1 Å². The van der Waals surface area contributed by atoms with Crippen LogP contribution < -0.4 is 14.8 Å². The number of nitrogens with one attached hydrogen (secondary N) is 1. The Morgan fingerprint density at radius 3 is 2.73 bits per heavy atom. The smallest absolute Gasteiger partial charge is 0.223 e. The molecule has 1 aliphatic carbocycles. The number of hydrogen-bond acceptors (Lipinski definition) is 8. The number of ether oxygens (including phenoxy) is 3. The molecule has 9 nitrogen and oxygen atoms in total. The van der Waals surface area contributed by atoms with Crippen molar-refractivity contribution in [2.45, 2.75) is 56.8 Å². The zero-order chi connectivity index (χ0) is 25.9. The number of aromatic nitrogens is 1. The summed E-state index contributed by atoms with van der Waals surface area (Å²) in [7, 11) is 0. The van der Waals surface area contributed by atoms with Crippen LogP contribution in [0.4, 0.5) is 0 Å². The molecule has 194 valence electrons. The first kappa shape index (κ1) is 25.2. The molecule has 37 heavy (non-hydrogen) atoms. The maximum atomic E-state index is 11.7. The lowest BCUT2D eigenvalue weighted by atomic mass is 9.89. The minimum atomic E-state index is -1.39. The maximum absolute atomic E-state index is 11.7. The Morgan fingerprint density at radius 1 is 1.16 bits per heavy atom. The predicted molar refractivity (Wildman–Crippen MR) is 135 cm³/mol. The zero-order valence-electron chi connectivity index (χ0n) is 20.4. The molecular formula is C28H30N2O7. The molecule has 3 heterocycles. The van der Waals surface area contributed by atoms with E-state index in [9.17, 15) is 20.1 Å². The molecule has 9 heteroatoms. The number of benzene rings is 1. The van der Waals surface area contributed by atoms with Gasteiger partial charge in [-0.25, -0.2) is 0 Å². The predicted octanol–water partition coefficient (Wildman–Crippen LogP) is 2.33. The number of carbonyl (C=O) groups excluding carboxylic acids is 1. The fourth-order valence-corrected chi connectivity index (χ4v) is 4.80. The van der Waals surface area contributed by atoms with E-state index in [2.05, 4.69) is 22.5 Å². The van der Waals surface area contributed by atoms with Gasteiger partial charge in [0, 0.05) is 30.9 Å². The van der Waals surface area contributed by atoms with Gasteiger partial charge in [-0.1, -0.05) is 12.2 Å². The van der Waals surface area contributed by atoms with Gasteiger partial charge in [0.2, 0.25) is 12.2 Å². The van der Waals surface area contributed by atoms with Gasteiger partial charge < -0.3 is 34.8 Å². The minimum absolute atomic E-state index is 0.390. The molecule has 1 saturated heterocycles. The Hall–Kier alpha value is -3.50. The Bertz CT molecular complexity index is 1240. The van der Waals surface area contributed by atoms with Gasteiger partial charge in [0.05, 0.1) is 6.61 Å². The Morgan fingerprint density at radius 2 is 1.97 bits per heavy atom. The van der Waals surface area contributed by atoms with Crippen LogP contribution in [0, 0.1) is 0 Å². The molecule has 0 spiro atoms. The van der Waals surface area contributed by atoms with E-state index in [0.29, 0.717) is 11.5 Å². The number of amides is 1. The van der Waals surface area contributed by atoms with Gasteiger partial charge in [-0.3, -0.25) is 9.78 Å². The monoisotopic (exact) mass is 506 g/mol. The largest absolute Gasteiger partial charge is 0.462 e. The molecule has 2 aromatic rings. The molecule has 3 aliphatic rings. The number of rotatable bonds is 6. The topological polar surface area (TPSA) is 130 Å². The van der Waals surface area contributed by atoms with Gasteiger partial charge >= 0.3 is 0 Å². The normalized spacial score (nSPS) is 27.1. The van der Waals surface area contributed by atoms with E-state index in [1.54, 1.807) is 24.5 Å². The fraction of sp³-hybridized carbons (Fsp3) is 0.357. The van der Waals surface area contributed by atoms with Crippen molar-refractivity contribution in [2.75, 3.05) is 6.61 Å². The number of fused-ring (bicyclic) bond motifs is 2. The fourth-order valence-electron chi connectivity index (χ4n) is 4.80. The second-order valence-electron chi connectivity index (χ2n) is 9.34. The van der Waals surface area contributed by atoms with Crippen LogP contribution in [-0.4, -0.2) is 63.5 Å². The molecule has 2 aliphatic heterocycles. The number of hydrogen-bond donors (Lipinski definition) is 4. The van der Waals surface area contributed by atoms with E-state index in [1.165, 1.54) is 6.92 Å². The van der Waals surface area contributed by atoms with Crippen LogP contribution in [0.15, 0.2) is 65.7 Å². The van der Waals surface area contributed by atoms with Crippen molar-refractivity contribution < 1.29 is 34.3 Å². The first-order valence-electron chi connectivity index (χ1n) is 12.3. The van der Waals surface area contributed by atoms with Crippen molar-refractivity contribution in [3.8, 4) is 11.5 Å². The molecule has 4 N–H and O–H groups in total. The Labute approximate surface area is 214 Å². The first-order valence-corrected chi connectivity index (χ1v) is 12.3. The zero-order valence-corrected chi connectivity index (χ0v) is 20.4. The average molecular weight is 507 g/mol. The summed E-state index contributed by atoms with van der Waals surface area (Å²) in [5.41, 5.74) is 4.22. The standard InChI is InChI=1S/C28H30N2O7/c1-16(32)30-24-26(34)25(33)23(15-31)37-28(24)35-21-8-7-19-13-20-4-2-3-18(27(20)36-22(19)14-21)6-5-17-9-11-29-12-10-17/h5-14,23-26,28,31,33-34H,2-4,15H2,1H3,(H,30,32)/b6-5+.